The summed E-state index contributed by atoms with van der Waals surface area (Å²) in [5, 5.41) is 5.06. The van der Waals surface area contributed by atoms with Gasteiger partial charge in [-0.05, 0) is 18.2 Å². The fourth-order valence-electron chi connectivity index (χ4n) is 1.76. The van der Waals surface area contributed by atoms with Crippen molar-refractivity contribution in [2.45, 2.75) is 6.54 Å². The van der Waals surface area contributed by atoms with Gasteiger partial charge in [-0.2, -0.15) is 5.10 Å². The second-order valence-corrected chi connectivity index (χ2v) is 4.88. The van der Waals surface area contributed by atoms with Gasteiger partial charge in [0.25, 0.3) is 0 Å². The van der Waals surface area contributed by atoms with E-state index in [1.165, 1.54) is 24.5 Å². The Labute approximate surface area is 112 Å². The summed E-state index contributed by atoms with van der Waals surface area (Å²) in [6.07, 6.45) is 1.77. The van der Waals surface area contributed by atoms with E-state index in [1.54, 1.807) is 22.8 Å². The van der Waals surface area contributed by atoms with Gasteiger partial charge in [0.15, 0.2) is 11.6 Å². The van der Waals surface area contributed by atoms with Gasteiger partial charge in [0.05, 0.1) is 19.0 Å². The van der Waals surface area contributed by atoms with Crippen molar-refractivity contribution in [2.75, 3.05) is 7.11 Å². The van der Waals surface area contributed by atoms with Gasteiger partial charge in [-0.15, -0.1) is 0 Å². The van der Waals surface area contributed by atoms with Crippen LogP contribution in [-0.4, -0.2) is 21.7 Å². The number of nitrogens with zero attached hydrogens (tertiary/aromatic N) is 3. The molecule has 0 aliphatic carbocycles. The van der Waals surface area contributed by atoms with Crippen molar-refractivity contribution in [1.29, 1.82) is 0 Å². The number of benzene rings is 1. The maximum absolute atomic E-state index is 13.6. The summed E-state index contributed by atoms with van der Waals surface area (Å²) in [6.45, 7) is 0.378. The minimum atomic E-state index is -0.407. The summed E-state index contributed by atoms with van der Waals surface area (Å²) in [4.78, 5) is 5.05. The first kappa shape index (κ1) is 12.1. The largest absolute Gasteiger partial charge is 0.494 e. The zero-order valence-corrected chi connectivity index (χ0v) is 10.9. The average molecular weight is 278 g/mol. The molecule has 0 unspecified atom stereocenters. The second kappa shape index (κ2) is 4.60. The Morgan fingerprint density at radius 3 is 2.95 bits per heavy atom. The molecule has 2 N–H and O–H groups in total. The summed E-state index contributed by atoms with van der Waals surface area (Å²) in [7, 11) is 1.43. The monoisotopic (exact) mass is 278 g/mol. The Hall–Kier alpha value is -1.99. The van der Waals surface area contributed by atoms with Crippen LogP contribution in [0.5, 0.6) is 5.75 Å². The van der Waals surface area contributed by atoms with Gasteiger partial charge in [-0.1, -0.05) is 11.3 Å². The van der Waals surface area contributed by atoms with Crippen LogP contribution >= 0.6 is 11.3 Å². The summed E-state index contributed by atoms with van der Waals surface area (Å²) in [5.74, 6) is -0.189. The first-order chi connectivity index (χ1) is 9.21. The van der Waals surface area contributed by atoms with Crippen molar-refractivity contribution in [1.82, 2.24) is 14.6 Å². The van der Waals surface area contributed by atoms with E-state index in [-0.39, 0.29) is 5.75 Å². The molecule has 0 fully saturated rings. The number of fused-ring (bicyclic) bond motifs is 1. The predicted octanol–water partition coefficient (Wildman–Crippen LogP) is 2.06. The zero-order valence-electron chi connectivity index (χ0n) is 10.1. The second-order valence-electron chi connectivity index (χ2n) is 3.92. The Morgan fingerprint density at radius 2 is 2.32 bits per heavy atom. The number of halogens is 1. The summed E-state index contributed by atoms with van der Waals surface area (Å²) < 4.78 is 20.2. The van der Waals surface area contributed by atoms with Crippen molar-refractivity contribution in [3.63, 3.8) is 0 Å². The van der Waals surface area contributed by atoms with Crippen molar-refractivity contribution in [3.05, 3.63) is 35.9 Å². The number of methoxy groups -OCH3 is 1. The number of ether oxygens (including phenoxy) is 1. The standard InChI is InChI=1S/C12H11FN4OS/c1-18-10-3-2-7(4-9(10)13)11-16-17-6-8(5-14)15-12(17)19-11/h2-4,6H,5,14H2,1H3. The maximum atomic E-state index is 13.6. The molecule has 5 nitrogen and oxygen atoms in total. The Bertz CT molecular complexity index is 705. The van der Waals surface area contributed by atoms with Crippen LogP contribution in [0.1, 0.15) is 5.69 Å². The van der Waals surface area contributed by atoms with Crippen LogP contribution < -0.4 is 10.5 Å². The molecule has 0 amide bonds. The highest BCUT2D eigenvalue weighted by molar-refractivity contribution is 7.19. The minimum absolute atomic E-state index is 0.218. The Balaban J connectivity index is 2.03. The number of imidazole rings is 1. The molecule has 1 aromatic carbocycles. The first-order valence-corrected chi connectivity index (χ1v) is 6.42. The highest BCUT2D eigenvalue weighted by Gasteiger charge is 2.11. The van der Waals surface area contributed by atoms with E-state index in [9.17, 15) is 4.39 Å². The van der Waals surface area contributed by atoms with Gasteiger partial charge in [0.2, 0.25) is 4.96 Å². The molecule has 0 atom stereocenters. The molecule has 3 aromatic rings. The molecular weight excluding hydrogens is 267 g/mol. The van der Waals surface area contributed by atoms with Gasteiger partial charge < -0.3 is 10.5 Å². The smallest absolute Gasteiger partial charge is 0.212 e. The zero-order chi connectivity index (χ0) is 13.4. The fraction of sp³-hybridized carbons (Fsp3) is 0.167. The molecule has 0 aliphatic heterocycles. The van der Waals surface area contributed by atoms with E-state index in [2.05, 4.69) is 10.1 Å². The topological polar surface area (TPSA) is 65.4 Å². The summed E-state index contributed by atoms with van der Waals surface area (Å²) in [6, 6.07) is 4.76. The van der Waals surface area contributed by atoms with Gasteiger partial charge in [-0.25, -0.2) is 13.9 Å². The molecule has 0 aliphatic rings. The lowest BCUT2D eigenvalue weighted by Crippen LogP contribution is -1.95. The van der Waals surface area contributed by atoms with Gasteiger partial charge >= 0.3 is 0 Å². The number of rotatable bonds is 3. The third-order valence-electron chi connectivity index (χ3n) is 2.70. The van der Waals surface area contributed by atoms with E-state index in [0.717, 1.165) is 10.7 Å². The van der Waals surface area contributed by atoms with Crippen molar-refractivity contribution in [2.24, 2.45) is 5.73 Å². The third kappa shape index (κ3) is 2.06. The quantitative estimate of drug-likeness (QED) is 0.796. The minimum Gasteiger partial charge on any atom is -0.494 e. The molecule has 98 valence electrons. The molecule has 3 rings (SSSR count). The maximum Gasteiger partial charge on any atom is 0.212 e. The van der Waals surface area contributed by atoms with Crippen LogP contribution in [0.15, 0.2) is 24.4 Å². The molecule has 19 heavy (non-hydrogen) atoms. The van der Waals surface area contributed by atoms with Crippen LogP contribution in [0.25, 0.3) is 15.5 Å². The summed E-state index contributed by atoms with van der Waals surface area (Å²) in [5.41, 5.74) is 6.99. The van der Waals surface area contributed by atoms with E-state index in [4.69, 9.17) is 10.5 Å². The summed E-state index contributed by atoms with van der Waals surface area (Å²) >= 11 is 1.39. The molecule has 7 heteroatoms. The average Bonchev–Trinajstić information content (AvgIpc) is 2.96. The number of nitrogens with two attached hydrogens (primary N) is 1. The molecule has 0 saturated heterocycles. The third-order valence-corrected chi connectivity index (χ3v) is 3.67. The van der Waals surface area contributed by atoms with E-state index in [0.29, 0.717) is 17.1 Å². The van der Waals surface area contributed by atoms with Gasteiger partial charge in [-0.3, -0.25) is 0 Å². The van der Waals surface area contributed by atoms with E-state index in [1.807, 2.05) is 0 Å². The lowest BCUT2D eigenvalue weighted by molar-refractivity contribution is 0.386. The SMILES string of the molecule is COc1ccc(-c2nn3cc(CN)nc3s2)cc1F. The van der Waals surface area contributed by atoms with Gasteiger partial charge in [0.1, 0.15) is 5.01 Å². The van der Waals surface area contributed by atoms with Gasteiger partial charge in [0, 0.05) is 12.1 Å². The molecular formula is C12H11FN4OS. The number of hydrogen-bond acceptors (Lipinski definition) is 5. The van der Waals surface area contributed by atoms with Crippen LogP contribution in [0.4, 0.5) is 4.39 Å². The molecule has 2 aromatic heterocycles. The van der Waals surface area contributed by atoms with Crippen molar-refractivity contribution >= 4 is 16.3 Å². The van der Waals surface area contributed by atoms with E-state index >= 15 is 0 Å². The van der Waals surface area contributed by atoms with Crippen molar-refractivity contribution < 1.29 is 9.13 Å². The van der Waals surface area contributed by atoms with Crippen LogP contribution in [0.3, 0.4) is 0 Å². The lowest BCUT2D eigenvalue weighted by atomic mass is 10.2. The van der Waals surface area contributed by atoms with Crippen LogP contribution in [-0.2, 0) is 6.54 Å². The van der Waals surface area contributed by atoms with Crippen molar-refractivity contribution in [3.8, 4) is 16.3 Å². The molecule has 0 spiro atoms. The predicted molar refractivity (Wildman–Crippen MR) is 70.7 cm³/mol. The lowest BCUT2D eigenvalue weighted by Gasteiger charge is -2.02. The Kier molecular flexibility index (Phi) is 2.92. The Morgan fingerprint density at radius 1 is 1.47 bits per heavy atom. The van der Waals surface area contributed by atoms with E-state index < -0.39 is 5.82 Å². The number of aromatic nitrogens is 3. The van der Waals surface area contributed by atoms with Crippen LogP contribution in [0, 0.1) is 5.82 Å². The molecule has 0 saturated carbocycles. The number of hydrogen-bond donors (Lipinski definition) is 1. The van der Waals surface area contributed by atoms with Crippen LogP contribution in [0.2, 0.25) is 0 Å². The highest BCUT2D eigenvalue weighted by Crippen LogP contribution is 2.28. The highest BCUT2D eigenvalue weighted by atomic mass is 32.1. The molecule has 2 heterocycles. The molecule has 0 bridgehead atoms. The first-order valence-electron chi connectivity index (χ1n) is 5.60. The normalized spacial score (nSPS) is 11.1. The fourth-order valence-corrected chi connectivity index (χ4v) is 2.66. The molecule has 0 radical (unpaired) electrons.